The minimum absolute atomic E-state index is 0.00526. The van der Waals surface area contributed by atoms with Crippen molar-refractivity contribution in [3.8, 4) is 0 Å². The molecule has 1 N–H and O–H groups in total. The van der Waals surface area contributed by atoms with Crippen LogP contribution >= 0.6 is 0 Å². The molecule has 7 atom stereocenters. The Morgan fingerprint density at radius 3 is 2.79 bits per heavy atom. The lowest BCUT2D eigenvalue weighted by Gasteiger charge is -2.54. The van der Waals surface area contributed by atoms with Gasteiger partial charge in [-0.1, -0.05) is 44.2 Å². The average Bonchev–Trinajstić information content (AvgIpc) is 3.30. The van der Waals surface area contributed by atoms with Gasteiger partial charge >= 0.3 is 5.97 Å². The third-order valence-electron chi connectivity index (χ3n) is 9.44. The fourth-order valence-electron chi connectivity index (χ4n) is 7.64. The maximum atomic E-state index is 12.8. The zero-order chi connectivity index (χ0) is 23.0. The molecule has 174 valence electrons. The summed E-state index contributed by atoms with van der Waals surface area (Å²) in [7, 11) is 0. The highest BCUT2D eigenvalue weighted by Crippen LogP contribution is 2.66. The van der Waals surface area contributed by atoms with Crippen molar-refractivity contribution in [3.63, 3.8) is 0 Å². The number of fused-ring (bicyclic) bond motifs is 1. The molecule has 5 aliphatic rings. The van der Waals surface area contributed by atoms with Crippen LogP contribution in [0.5, 0.6) is 0 Å². The number of Topliss-reactive ketones (excluding diaryl/α,β-unsaturated/α-hetero) is 1. The van der Waals surface area contributed by atoms with Crippen LogP contribution in [0, 0.1) is 17.3 Å². The van der Waals surface area contributed by atoms with Crippen LogP contribution in [0.25, 0.3) is 0 Å². The Labute approximate surface area is 194 Å². The number of carbonyl (C=O) groups excluding carboxylic acids is 2. The van der Waals surface area contributed by atoms with Crippen LogP contribution in [-0.4, -0.2) is 40.3 Å². The lowest BCUT2D eigenvalue weighted by molar-refractivity contribution is -0.167. The van der Waals surface area contributed by atoms with Crippen LogP contribution in [0.2, 0.25) is 0 Å². The van der Waals surface area contributed by atoms with Gasteiger partial charge in [0.15, 0.2) is 0 Å². The van der Waals surface area contributed by atoms with E-state index in [2.05, 4.69) is 26.0 Å². The first-order valence-electron chi connectivity index (χ1n) is 12.4. The second-order valence-corrected chi connectivity index (χ2v) is 10.9. The Hall–Kier alpha value is -2.24. The van der Waals surface area contributed by atoms with E-state index in [4.69, 9.17) is 9.47 Å². The maximum absolute atomic E-state index is 12.8. The summed E-state index contributed by atoms with van der Waals surface area (Å²) in [5.74, 6) is 0.162. The van der Waals surface area contributed by atoms with E-state index in [-0.39, 0.29) is 17.3 Å². The summed E-state index contributed by atoms with van der Waals surface area (Å²) in [4.78, 5) is 25.6. The molecule has 33 heavy (non-hydrogen) atoms. The molecule has 1 aromatic carbocycles. The van der Waals surface area contributed by atoms with Gasteiger partial charge in [0.25, 0.3) is 0 Å². The van der Waals surface area contributed by atoms with Gasteiger partial charge in [-0.15, -0.1) is 0 Å². The number of aliphatic hydroxyl groups is 1. The fourth-order valence-corrected chi connectivity index (χ4v) is 7.64. The van der Waals surface area contributed by atoms with E-state index in [0.29, 0.717) is 17.8 Å². The largest absolute Gasteiger partial charge is 0.455 e. The molecule has 2 heterocycles. The van der Waals surface area contributed by atoms with Crippen LogP contribution in [0.3, 0.4) is 0 Å². The predicted octanol–water partition coefficient (Wildman–Crippen LogP) is 4.55. The van der Waals surface area contributed by atoms with E-state index in [1.165, 1.54) is 0 Å². The molecule has 6 rings (SSSR count). The first kappa shape index (κ1) is 21.3. The molecule has 0 amide bonds. The summed E-state index contributed by atoms with van der Waals surface area (Å²) in [5, 5.41) is 11.5. The minimum Gasteiger partial charge on any atom is -0.455 e. The summed E-state index contributed by atoms with van der Waals surface area (Å²) in [5.41, 5.74) is 1.17. The lowest BCUT2D eigenvalue weighted by Crippen LogP contribution is -2.59. The molecular weight excluding hydrogens is 416 g/mol. The van der Waals surface area contributed by atoms with Crippen molar-refractivity contribution in [2.75, 3.05) is 0 Å². The normalized spacial score (nSPS) is 43.2. The molecule has 0 radical (unpaired) electrons. The van der Waals surface area contributed by atoms with Crippen molar-refractivity contribution < 1.29 is 24.2 Å². The molecule has 1 aromatic rings. The van der Waals surface area contributed by atoms with Crippen molar-refractivity contribution in [2.24, 2.45) is 17.3 Å². The Bertz CT molecular complexity index is 1070. The number of rotatable bonds is 3. The first-order chi connectivity index (χ1) is 15.8. The van der Waals surface area contributed by atoms with Gasteiger partial charge in [0.05, 0.1) is 16.8 Å². The van der Waals surface area contributed by atoms with E-state index in [9.17, 15) is 14.7 Å². The van der Waals surface area contributed by atoms with Gasteiger partial charge in [0.1, 0.15) is 18.0 Å². The van der Waals surface area contributed by atoms with Gasteiger partial charge in [-0.3, -0.25) is 4.79 Å². The van der Waals surface area contributed by atoms with Crippen molar-refractivity contribution >= 4 is 11.8 Å². The highest BCUT2D eigenvalue weighted by atomic mass is 16.6. The topological polar surface area (TPSA) is 72.8 Å². The molecule has 2 bridgehead atoms. The van der Waals surface area contributed by atoms with Crippen molar-refractivity contribution in [3.05, 3.63) is 59.2 Å². The first-order valence-corrected chi connectivity index (χ1v) is 12.4. The van der Waals surface area contributed by atoms with E-state index in [1.807, 2.05) is 18.2 Å². The molecular formula is C28H32O5. The molecule has 7 unspecified atom stereocenters. The maximum Gasteiger partial charge on any atom is 0.338 e. The molecule has 5 heteroatoms. The van der Waals surface area contributed by atoms with E-state index in [1.54, 1.807) is 12.1 Å². The summed E-state index contributed by atoms with van der Waals surface area (Å²) in [6.45, 7) is 4.20. The Morgan fingerprint density at radius 2 is 2.03 bits per heavy atom. The quantitative estimate of drug-likeness (QED) is 0.687. The zero-order valence-corrected chi connectivity index (χ0v) is 19.4. The Morgan fingerprint density at radius 1 is 1.24 bits per heavy atom. The molecule has 2 aliphatic heterocycles. The number of aliphatic hydroxyl groups excluding tert-OH is 1. The van der Waals surface area contributed by atoms with Gasteiger partial charge in [-0.2, -0.15) is 0 Å². The van der Waals surface area contributed by atoms with Crippen LogP contribution in [0.4, 0.5) is 0 Å². The molecule has 2 spiro atoms. The molecule has 5 nitrogen and oxygen atoms in total. The smallest absolute Gasteiger partial charge is 0.338 e. The van der Waals surface area contributed by atoms with Gasteiger partial charge < -0.3 is 14.6 Å². The van der Waals surface area contributed by atoms with Crippen molar-refractivity contribution in [1.29, 1.82) is 0 Å². The van der Waals surface area contributed by atoms with Gasteiger partial charge in [-0.05, 0) is 61.8 Å². The number of benzene rings is 1. The third kappa shape index (κ3) is 2.78. The second-order valence-electron chi connectivity index (χ2n) is 10.9. The number of hydrogen-bond acceptors (Lipinski definition) is 5. The summed E-state index contributed by atoms with van der Waals surface area (Å²) in [6, 6.07) is 8.96. The summed E-state index contributed by atoms with van der Waals surface area (Å²) < 4.78 is 13.0. The number of carbonyl (C=O) groups is 2. The number of hydrogen-bond donors (Lipinski definition) is 1. The van der Waals surface area contributed by atoms with Crippen molar-refractivity contribution in [2.45, 2.75) is 82.2 Å². The number of ether oxygens (including phenoxy) is 2. The van der Waals surface area contributed by atoms with Crippen LogP contribution in [0.15, 0.2) is 53.6 Å². The lowest BCUT2D eigenvalue weighted by atomic mass is 9.60. The molecule has 3 fully saturated rings. The standard InChI is InChI=1S/C28H32O5/c1-3-17-16-27-13-14-28(33-27)19(11-12-26(2)21(28)9-10-22(26)29)15-20(27)23(30)24(17)32-25(31)18-7-5-4-6-8-18/h4-8,11,15,17,21,23-24,30H,3,9-10,12-14,16H2,1-2H3. The van der Waals surface area contributed by atoms with Crippen LogP contribution < -0.4 is 0 Å². The van der Waals surface area contributed by atoms with E-state index >= 15 is 0 Å². The minimum atomic E-state index is -0.896. The third-order valence-corrected chi connectivity index (χ3v) is 9.44. The highest BCUT2D eigenvalue weighted by molar-refractivity contribution is 5.89. The molecule has 2 saturated carbocycles. The summed E-state index contributed by atoms with van der Waals surface area (Å²) in [6.07, 6.45) is 8.29. The number of allylic oxidation sites excluding steroid dienone is 1. The monoisotopic (exact) mass is 448 g/mol. The van der Waals surface area contributed by atoms with Gasteiger partial charge in [-0.25, -0.2) is 4.79 Å². The SMILES string of the molecule is CCC1CC23CCC4(O2)C(=CCC2(C)C(=O)CCC24)C=C3C(O)C1OC(=O)c1ccccc1. The fraction of sp³-hybridized carbons (Fsp3) is 0.571. The van der Waals surface area contributed by atoms with E-state index in [0.717, 1.165) is 49.7 Å². The molecule has 0 aromatic heterocycles. The van der Waals surface area contributed by atoms with Crippen LogP contribution in [0.1, 0.15) is 69.2 Å². The highest BCUT2D eigenvalue weighted by Gasteiger charge is 2.68. The molecule has 3 aliphatic carbocycles. The summed E-state index contributed by atoms with van der Waals surface area (Å²) >= 11 is 0. The predicted molar refractivity (Wildman–Crippen MR) is 122 cm³/mol. The molecule has 1 saturated heterocycles. The van der Waals surface area contributed by atoms with Gasteiger partial charge in [0.2, 0.25) is 0 Å². The number of ketones is 1. The Balaban J connectivity index is 1.37. The average molecular weight is 449 g/mol. The second kappa shape index (κ2) is 7.13. The van der Waals surface area contributed by atoms with E-state index < -0.39 is 29.4 Å². The Kier molecular flexibility index (Phi) is 4.60. The van der Waals surface area contributed by atoms with Crippen molar-refractivity contribution in [1.82, 2.24) is 0 Å². The van der Waals surface area contributed by atoms with Crippen LogP contribution in [-0.2, 0) is 14.3 Å². The zero-order valence-electron chi connectivity index (χ0n) is 19.4. The number of esters is 1. The van der Waals surface area contributed by atoms with Gasteiger partial charge in [0, 0.05) is 23.7 Å².